The zero-order valence-electron chi connectivity index (χ0n) is 18.1. The summed E-state index contributed by atoms with van der Waals surface area (Å²) in [5.74, 6) is -0.278. The van der Waals surface area contributed by atoms with Gasteiger partial charge >= 0.3 is 6.18 Å². The first-order chi connectivity index (χ1) is 16.3. The van der Waals surface area contributed by atoms with Crippen LogP contribution in [0.25, 0.3) is 0 Å². The van der Waals surface area contributed by atoms with E-state index in [0.29, 0.717) is 30.1 Å². The van der Waals surface area contributed by atoms with Crippen molar-refractivity contribution in [2.24, 2.45) is 0 Å². The third-order valence-corrected chi connectivity index (χ3v) is 5.42. The fourth-order valence-corrected chi connectivity index (χ4v) is 3.77. The molecule has 0 saturated carbocycles. The molecule has 3 aromatic rings. The van der Waals surface area contributed by atoms with Gasteiger partial charge in [0.25, 0.3) is 11.8 Å². The average molecular weight is 469 g/mol. The van der Waals surface area contributed by atoms with E-state index in [-0.39, 0.29) is 17.6 Å². The van der Waals surface area contributed by atoms with Gasteiger partial charge in [0.2, 0.25) is 0 Å². The van der Waals surface area contributed by atoms with Crippen molar-refractivity contribution >= 4 is 17.5 Å². The minimum Gasteiger partial charge on any atom is -0.489 e. The summed E-state index contributed by atoms with van der Waals surface area (Å²) in [7, 11) is 0. The molecule has 2 heterocycles. The summed E-state index contributed by atoms with van der Waals surface area (Å²) >= 11 is 0. The van der Waals surface area contributed by atoms with Gasteiger partial charge in [0, 0.05) is 36.3 Å². The molecule has 9 heteroatoms. The highest BCUT2D eigenvalue weighted by molar-refractivity contribution is 6.04. The number of benzene rings is 2. The van der Waals surface area contributed by atoms with Gasteiger partial charge in [0.1, 0.15) is 11.9 Å². The Morgan fingerprint density at radius 2 is 1.82 bits per heavy atom. The number of ether oxygens (including phenoxy) is 1. The molecule has 0 bridgehead atoms. The second-order valence-corrected chi connectivity index (χ2v) is 7.94. The maximum Gasteiger partial charge on any atom is 0.416 e. The lowest BCUT2D eigenvalue weighted by Gasteiger charge is -2.33. The van der Waals surface area contributed by atoms with Gasteiger partial charge in [-0.15, -0.1) is 0 Å². The average Bonchev–Trinajstić information content (AvgIpc) is 2.84. The number of amides is 2. The smallest absolute Gasteiger partial charge is 0.416 e. The van der Waals surface area contributed by atoms with E-state index in [1.807, 2.05) is 0 Å². The van der Waals surface area contributed by atoms with Crippen LogP contribution in [0.4, 0.5) is 18.9 Å². The van der Waals surface area contributed by atoms with Crippen LogP contribution in [0.2, 0.25) is 0 Å². The highest BCUT2D eigenvalue weighted by atomic mass is 19.4. The number of hydrogen-bond donors (Lipinski definition) is 1. The first-order valence-electron chi connectivity index (χ1n) is 10.7. The van der Waals surface area contributed by atoms with Crippen LogP contribution in [0.3, 0.4) is 0 Å². The van der Waals surface area contributed by atoms with E-state index in [0.717, 1.165) is 25.0 Å². The molecule has 0 radical (unpaired) electrons. The second-order valence-electron chi connectivity index (χ2n) is 7.94. The number of anilines is 1. The Hall–Kier alpha value is -3.88. The lowest BCUT2D eigenvalue weighted by atomic mass is 10.1. The van der Waals surface area contributed by atoms with E-state index >= 15 is 0 Å². The van der Waals surface area contributed by atoms with Crippen LogP contribution < -0.4 is 10.1 Å². The molecule has 0 aliphatic carbocycles. The summed E-state index contributed by atoms with van der Waals surface area (Å²) in [6, 6.07) is 14.3. The van der Waals surface area contributed by atoms with Crippen molar-refractivity contribution in [1.82, 2.24) is 9.88 Å². The molecule has 2 aromatic carbocycles. The van der Waals surface area contributed by atoms with E-state index in [1.165, 1.54) is 18.3 Å². The number of hydrogen-bond acceptors (Lipinski definition) is 4. The summed E-state index contributed by atoms with van der Waals surface area (Å²) in [6.07, 6.45) is -0.0821. The van der Waals surface area contributed by atoms with Crippen molar-refractivity contribution in [3.63, 3.8) is 0 Å². The van der Waals surface area contributed by atoms with Gasteiger partial charge in [-0.25, -0.2) is 0 Å². The summed E-state index contributed by atoms with van der Waals surface area (Å²) in [4.78, 5) is 30.9. The first kappa shape index (κ1) is 23.3. The normalized spacial score (nSPS) is 16.1. The van der Waals surface area contributed by atoms with Crippen molar-refractivity contribution < 1.29 is 27.5 Å². The molecule has 1 saturated heterocycles. The molecule has 1 atom stereocenters. The molecule has 34 heavy (non-hydrogen) atoms. The lowest BCUT2D eigenvalue weighted by molar-refractivity contribution is -0.137. The minimum atomic E-state index is -4.53. The molecule has 1 fully saturated rings. The molecule has 1 aliphatic rings. The van der Waals surface area contributed by atoms with E-state index in [4.69, 9.17) is 4.74 Å². The fourth-order valence-electron chi connectivity index (χ4n) is 3.77. The Bertz CT molecular complexity index is 1170. The summed E-state index contributed by atoms with van der Waals surface area (Å²) in [5.41, 5.74) is -0.0839. The predicted octanol–water partition coefficient (Wildman–Crippen LogP) is 5.04. The number of carbonyl (C=O) groups is 2. The maximum absolute atomic E-state index is 12.9. The number of alkyl halides is 3. The quantitative estimate of drug-likeness (QED) is 0.569. The Labute approximate surface area is 194 Å². The van der Waals surface area contributed by atoms with Gasteiger partial charge in [0.05, 0.1) is 17.7 Å². The van der Waals surface area contributed by atoms with Gasteiger partial charge in [-0.3, -0.25) is 14.6 Å². The van der Waals surface area contributed by atoms with Crippen LogP contribution >= 0.6 is 0 Å². The van der Waals surface area contributed by atoms with Gasteiger partial charge in [-0.2, -0.15) is 13.2 Å². The molecule has 2 amide bonds. The van der Waals surface area contributed by atoms with E-state index in [2.05, 4.69) is 10.3 Å². The number of nitrogens with zero attached hydrogens (tertiary/aromatic N) is 2. The molecular formula is C25H22F3N3O3. The van der Waals surface area contributed by atoms with E-state index in [9.17, 15) is 22.8 Å². The van der Waals surface area contributed by atoms with E-state index < -0.39 is 17.6 Å². The first-order valence-corrected chi connectivity index (χ1v) is 10.7. The van der Waals surface area contributed by atoms with Crippen molar-refractivity contribution in [3.05, 3.63) is 89.7 Å². The zero-order valence-corrected chi connectivity index (χ0v) is 18.1. The highest BCUT2D eigenvalue weighted by Gasteiger charge is 2.31. The number of pyridine rings is 1. The van der Waals surface area contributed by atoms with E-state index in [1.54, 1.807) is 47.5 Å². The molecular weight excluding hydrogens is 447 g/mol. The third-order valence-electron chi connectivity index (χ3n) is 5.42. The highest BCUT2D eigenvalue weighted by Crippen LogP contribution is 2.30. The molecule has 176 valence electrons. The Kier molecular flexibility index (Phi) is 6.81. The number of likely N-dealkylation sites (tertiary alicyclic amines) is 1. The number of halogens is 3. The van der Waals surface area contributed by atoms with Crippen LogP contribution in [0, 0.1) is 0 Å². The third kappa shape index (κ3) is 5.72. The van der Waals surface area contributed by atoms with Crippen molar-refractivity contribution in [2.45, 2.75) is 25.1 Å². The largest absolute Gasteiger partial charge is 0.489 e. The monoisotopic (exact) mass is 469 g/mol. The van der Waals surface area contributed by atoms with Crippen LogP contribution in [0.15, 0.2) is 73.1 Å². The number of nitrogens with one attached hydrogen (secondary N) is 1. The molecule has 4 rings (SSSR count). The topological polar surface area (TPSA) is 71.5 Å². The lowest BCUT2D eigenvalue weighted by Crippen LogP contribution is -2.44. The Balaban J connectivity index is 1.40. The van der Waals surface area contributed by atoms with Crippen molar-refractivity contribution in [1.29, 1.82) is 0 Å². The predicted molar refractivity (Wildman–Crippen MR) is 120 cm³/mol. The SMILES string of the molecule is O=C(Nc1cccc(OC2CCCN(C(=O)c3cccnc3)C2)c1)c1cccc(C(F)(F)F)c1. The minimum absolute atomic E-state index is 0.0991. The Morgan fingerprint density at radius 1 is 1.03 bits per heavy atom. The molecule has 1 unspecified atom stereocenters. The fraction of sp³-hybridized carbons (Fsp3) is 0.240. The zero-order chi connectivity index (χ0) is 24.1. The molecule has 1 N–H and O–H groups in total. The molecule has 1 aliphatic heterocycles. The molecule has 1 aromatic heterocycles. The second kappa shape index (κ2) is 9.94. The molecule has 0 spiro atoms. The number of carbonyl (C=O) groups excluding carboxylic acids is 2. The van der Waals surface area contributed by atoms with Crippen LogP contribution in [0.1, 0.15) is 39.1 Å². The maximum atomic E-state index is 12.9. The van der Waals surface area contributed by atoms with Gasteiger partial charge in [0.15, 0.2) is 0 Å². The number of piperidine rings is 1. The van der Waals surface area contributed by atoms with Crippen LogP contribution in [0.5, 0.6) is 5.75 Å². The molecule has 6 nitrogen and oxygen atoms in total. The number of rotatable bonds is 5. The summed E-state index contributed by atoms with van der Waals surface area (Å²) < 4.78 is 44.8. The summed E-state index contributed by atoms with van der Waals surface area (Å²) in [5, 5.41) is 2.61. The van der Waals surface area contributed by atoms with Gasteiger partial charge in [-0.1, -0.05) is 12.1 Å². The van der Waals surface area contributed by atoms with Crippen molar-refractivity contribution in [3.8, 4) is 5.75 Å². The van der Waals surface area contributed by atoms with Gasteiger partial charge in [-0.05, 0) is 55.3 Å². The van der Waals surface area contributed by atoms with Crippen LogP contribution in [-0.4, -0.2) is 40.9 Å². The van der Waals surface area contributed by atoms with Gasteiger partial charge < -0.3 is 15.0 Å². The number of aromatic nitrogens is 1. The standard InChI is InChI=1S/C25H22F3N3O3/c26-25(27,28)19-7-1-5-17(13-19)23(32)30-20-8-2-9-21(14-20)34-22-10-4-12-31(16-22)24(33)18-6-3-11-29-15-18/h1-3,5-9,11,13-15,22H,4,10,12,16H2,(H,30,32). The van der Waals surface area contributed by atoms with Crippen molar-refractivity contribution in [2.75, 3.05) is 18.4 Å². The van der Waals surface area contributed by atoms with Crippen LogP contribution in [-0.2, 0) is 6.18 Å². The Morgan fingerprint density at radius 3 is 2.59 bits per heavy atom. The summed E-state index contributed by atoms with van der Waals surface area (Å²) in [6.45, 7) is 1.04.